The Morgan fingerprint density at radius 2 is 1.79 bits per heavy atom. The molecule has 0 spiro atoms. The molecule has 1 saturated heterocycles. The van der Waals surface area contributed by atoms with Gasteiger partial charge in [-0.3, -0.25) is 9.69 Å². The van der Waals surface area contributed by atoms with Crippen LogP contribution in [0, 0.1) is 0 Å². The number of ketones is 1. The van der Waals surface area contributed by atoms with Crippen LogP contribution >= 0.6 is 11.6 Å². The van der Waals surface area contributed by atoms with E-state index in [1.165, 1.54) is 0 Å². The summed E-state index contributed by atoms with van der Waals surface area (Å²) in [5, 5.41) is 0.714. The first-order chi connectivity index (χ1) is 9.06. The highest BCUT2D eigenvalue weighted by molar-refractivity contribution is 6.30. The van der Waals surface area contributed by atoms with Crippen LogP contribution in [0.2, 0.25) is 5.02 Å². The number of hydrogen-bond acceptors (Lipinski definition) is 3. The van der Waals surface area contributed by atoms with E-state index in [4.69, 9.17) is 11.6 Å². The third-order valence-electron chi connectivity index (χ3n) is 3.80. The molecule has 0 radical (unpaired) electrons. The van der Waals surface area contributed by atoms with Crippen molar-refractivity contribution in [3.8, 4) is 0 Å². The number of carbonyl (C=O) groups is 1. The minimum atomic E-state index is -0.0410. The second-order valence-corrected chi connectivity index (χ2v) is 5.76. The highest BCUT2D eigenvalue weighted by atomic mass is 35.5. The predicted molar refractivity (Wildman–Crippen MR) is 78.8 cm³/mol. The van der Waals surface area contributed by atoms with Crippen LogP contribution in [0.15, 0.2) is 24.3 Å². The molecule has 1 fully saturated rings. The van der Waals surface area contributed by atoms with E-state index < -0.39 is 0 Å². The summed E-state index contributed by atoms with van der Waals surface area (Å²) in [6, 6.07) is 7.64. The van der Waals surface area contributed by atoms with E-state index in [0.717, 1.165) is 38.3 Å². The molecular weight excluding hydrogens is 260 g/mol. The van der Waals surface area contributed by atoms with Gasteiger partial charge in [-0.25, -0.2) is 0 Å². The molecule has 0 N–H and O–H groups in total. The molecule has 1 aliphatic rings. The largest absolute Gasteiger partial charge is 0.304 e. The van der Waals surface area contributed by atoms with Gasteiger partial charge in [0.05, 0.1) is 5.92 Å². The minimum Gasteiger partial charge on any atom is -0.304 e. The standard InChI is InChI=1S/C15H21ClN2O/c1-12(19)15(13-3-5-14(16)6-4-13)11-18-9-7-17(2)8-10-18/h3-6,15H,7-11H2,1-2H3/t15-/m1/s1. The van der Waals surface area contributed by atoms with Crippen LogP contribution < -0.4 is 0 Å². The fourth-order valence-electron chi connectivity index (χ4n) is 2.45. The van der Waals surface area contributed by atoms with Crippen molar-refractivity contribution in [1.29, 1.82) is 0 Å². The third kappa shape index (κ3) is 4.03. The van der Waals surface area contributed by atoms with Gasteiger partial charge in [-0.15, -0.1) is 0 Å². The van der Waals surface area contributed by atoms with E-state index in [-0.39, 0.29) is 11.7 Å². The molecule has 0 aliphatic carbocycles. The Kier molecular flexibility index (Phi) is 4.97. The summed E-state index contributed by atoms with van der Waals surface area (Å²) in [6.45, 7) is 6.71. The van der Waals surface area contributed by atoms with Gasteiger partial charge >= 0.3 is 0 Å². The number of hydrogen-bond donors (Lipinski definition) is 0. The zero-order chi connectivity index (χ0) is 13.8. The van der Waals surface area contributed by atoms with Crippen LogP contribution in [-0.4, -0.2) is 55.4 Å². The number of likely N-dealkylation sites (N-methyl/N-ethyl adjacent to an activating group) is 1. The molecule has 1 heterocycles. The van der Waals surface area contributed by atoms with Crippen molar-refractivity contribution in [2.75, 3.05) is 39.8 Å². The first kappa shape index (κ1) is 14.5. The molecule has 0 bridgehead atoms. The predicted octanol–water partition coefficient (Wildman–Crippen LogP) is 2.26. The number of nitrogens with zero attached hydrogens (tertiary/aromatic N) is 2. The van der Waals surface area contributed by atoms with Crippen LogP contribution in [-0.2, 0) is 4.79 Å². The summed E-state index contributed by atoms with van der Waals surface area (Å²) in [4.78, 5) is 16.6. The van der Waals surface area contributed by atoms with Crippen molar-refractivity contribution in [3.63, 3.8) is 0 Å². The third-order valence-corrected chi connectivity index (χ3v) is 4.05. The van der Waals surface area contributed by atoms with Gasteiger partial charge in [0.1, 0.15) is 5.78 Å². The molecule has 3 nitrogen and oxygen atoms in total. The average Bonchev–Trinajstić information content (AvgIpc) is 2.39. The van der Waals surface area contributed by atoms with E-state index in [1.807, 2.05) is 24.3 Å². The number of carbonyl (C=O) groups excluding carboxylic acids is 1. The lowest BCUT2D eigenvalue weighted by atomic mass is 9.94. The number of piperazine rings is 1. The SMILES string of the molecule is CC(=O)[C@@H](CN1CCN(C)CC1)c1ccc(Cl)cc1. The second kappa shape index (κ2) is 6.51. The number of halogens is 1. The van der Waals surface area contributed by atoms with Gasteiger partial charge in [0.2, 0.25) is 0 Å². The lowest BCUT2D eigenvalue weighted by Crippen LogP contribution is -2.46. The van der Waals surface area contributed by atoms with Crippen molar-refractivity contribution in [1.82, 2.24) is 9.80 Å². The summed E-state index contributed by atoms with van der Waals surface area (Å²) in [6.07, 6.45) is 0. The molecule has 0 aromatic heterocycles. The Balaban J connectivity index is 2.04. The Hall–Kier alpha value is -0.900. The van der Waals surface area contributed by atoms with Gasteiger partial charge in [0.25, 0.3) is 0 Å². The molecule has 0 amide bonds. The van der Waals surface area contributed by atoms with Crippen molar-refractivity contribution >= 4 is 17.4 Å². The molecule has 2 rings (SSSR count). The van der Waals surface area contributed by atoms with Gasteiger partial charge in [0.15, 0.2) is 0 Å². The van der Waals surface area contributed by atoms with E-state index >= 15 is 0 Å². The number of rotatable bonds is 4. The maximum atomic E-state index is 11.9. The highest BCUT2D eigenvalue weighted by Crippen LogP contribution is 2.21. The number of benzene rings is 1. The van der Waals surface area contributed by atoms with Gasteiger partial charge in [-0.1, -0.05) is 23.7 Å². The van der Waals surface area contributed by atoms with Gasteiger partial charge < -0.3 is 4.90 Å². The summed E-state index contributed by atoms with van der Waals surface area (Å²) < 4.78 is 0. The Labute approximate surface area is 120 Å². The molecule has 1 atom stereocenters. The van der Waals surface area contributed by atoms with Crippen LogP contribution in [0.5, 0.6) is 0 Å². The summed E-state index contributed by atoms with van der Waals surface area (Å²) >= 11 is 5.90. The summed E-state index contributed by atoms with van der Waals surface area (Å²) in [7, 11) is 2.14. The van der Waals surface area contributed by atoms with Crippen LogP contribution in [0.4, 0.5) is 0 Å². The van der Waals surface area contributed by atoms with Crippen LogP contribution in [0.25, 0.3) is 0 Å². The molecule has 1 aromatic rings. The number of Topliss-reactive ketones (excluding diaryl/α,β-unsaturated/α-hetero) is 1. The molecule has 4 heteroatoms. The maximum absolute atomic E-state index is 11.9. The van der Waals surface area contributed by atoms with Crippen molar-refractivity contribution in [3.05, 3.63) is 34.9 Å². The van der Waals surface area contributed by atoms with E-state index in [9.17, 15) is 4.79 Å². The van der Waals surface area contributed by atoms with Crippen molar-refractivity contribution in [2.24, 2.45) is 0 Å². The van der Waals surface area contributed by atoms with E-state index in [0.29, 0.717) is 5.02 Å². The average molecular weight is 281 g/mol. The smallest absolute Gasteiger partial charge is 0.138 e. The molecule has 19 heavy (non-hydrogen) atoms. The fraction of sp³-hybridized carbons (Fsp3) is 0.533. The fourth-order valence-corrected chi connectivity index (χ4v) is 2.58. The maximum Gasteiger partial charge on any atom is 0.138 e. The van der Waals surface area contributed by atoms with Gasteiger partial charge in [-0.05, 0) is 31.7 Å². The molecule has 104 valence electrons. The van der Waals surface area contributed by atoms with Crippen LogP contribution in [0.1, 0.15) is 18.4 Å². The van der Waals surface area contributed by atoms with Crippen LogP contribution in [0.3, 0.4) is 0 Å². The minimum absolute atomic E-state index is 0.0410. The normalized spacial score (nSPS) is 19.3. The Morgan fingerprint density at radius 3 is 2.32 bits per heavy atom. The first-order valence-corrected chi connectivity index (χ1v) is 7.11. The zero-order valence-corrected chi connectivity index (χ0v) is 12.4. The summed E-state index contributed by atoms with van der Waals surface area (Å²) in [5.74, 6) is 0.182. The Morgan fingerprint density at radius 1 is 1.21 bits per heavy atom. The molecule has 1 aromatic carbocycles. The molecule has 1 aliphatic heterocycles. The summed E-state index contributed by atoms with van der Waals surface area (Å²) in [5.41, 5.74) is 1.07. The lowest BCUT2D eigenvalue weighted by molar-refractivity contribution is -0.119. The van der Waals surface area contributed by atoms with E-state index in [2.05, 4.69) is 16.8 Å². The van der Waals surface area contributed by atoms with Gasteiger partial charge in [-0.2, -0.15) is 0 Å². The van der Waals surface area contributed by atoms with Crippen molar-refractivity contribution in [2.45, 2.75) is 12.8 Å². The monoisotopic (exact) mass is 280 g/mol. The highest BCUT2D eigenvalue weighted by Gasteiger charge is 2.22. The molecule has 0 unspecified atom stereocenters. The van der Waals surface area contributed by atoms with Crippen molar-refractivity contribution < 1.29 is 4.79 Å². The lowest BCUT2D eigenvalue weighted by Gasteiger charge is -2.34. The Bertz CT molecular complexity index is 424. The first-order valence-electron chi connectivity index (χ1n) is 6.73. The zero-order valence-electron chi connectivity index (χ0n) is 11.6. The molecule has 0 saturated carbocycles. The van der Waals surface area contributed by atoms with E-state index in [1.54, 1.807) is 6.92 Å². The topological polar surface area (TPSA) is 23.6 Å². The van der Waals surface area contributed by atoms with Gasteiger partial charge in [0, 0.05) is 37.7 Å². The second-order valence-electron chi connectivity index (χ2n) is 5.32. The quantitative estimate of drug-likeness (QED) is 0.845. The molecular formula is C15H21ClN2O.